The lowest BCUT2D eigenvalue weighted by atomic mass is 9.93. The zero-order valence-corrected chi connectivity index (χ0v) is 33.0. The van der Waals surface area contributed by atoms with Crippen LogP contribution >= 0.6 is 0 Å². The van der Waals surface area contributed by atoms with Crippen LogP contribution in [0, 0.1) is 35.5 Å². The Labute approximate surface area is 305 Å². The molecule has 0 fully saturated rings. The summed E-state index contributed by atoms with van der Waals surface area (Å²) in [7, 11) is 0. The predicted molar refractivity (Wildman–Crippen MR) is 215 cm³/mol. The van der Waals surface area contributed by atoms with Crippen molar-refractivity contribution in [2.24, 2.45) is 35.5 Å². The normalized spacial score (nSPS) is 14.8. The number of nitrogens with one attached hydrogen (secondary N) is 2. The summed E-state index contributed by atoms with van der Waals surface area (Å²) in [6.07, 6.45) is 18.0. The van der Waals surface area contributed by atoms with Gasteiger partial charge < -0.3 is 20.1 Å². The van der Waals surface area contributed by atoms with Crippen LogP contribution in [-0.4, -0.2) is 23.2 Å². The molecule has 3 aromatic rings. The van der Waals surface area contributed by atoms with Crippen LogP contribution in [0.15, 0.2) is 36.4 Å². The molecule has 278 valence electrons. The largest absolute Gasteiger partial charge is 0.490 e. The van der Waals surface area contributed by atoms with E-state index in [1.165, 1.54) is 77.0 Å². The summed E-state index contributed by atoms with van der Waals surface area (Å²) in [4.78, 5) is 9.92. The Morgan fingerprint density at radius 2 is 0.820 bits per heavy atom. The summed E-state index contributed by atoms with van der Waals surface area (Å²) < 4.78 is 13.0. The number of fused-ring (bicyclic) bond motifs is 3. The highest BCUT2D eigenvalue weighted by Crippen LogP contribution is 2.39. The number of aromatic nitrogens is 2. The molecule has 0 radical (unpaired) electrons. The molecule has 1 aliphatic rings. The minimum absolute atomic E-state index is 0.628. The van der Waals surface area contributed by atoms with Gasteiger partial charge in [0, 0.05) is 12.1 Å². The first-order valence-electron chi connectivity index (χ1n) is 20.3. The molecular weight excluding hydrogens is 617 g/mol. The smallest absolute Gasteiger partial charge is 0.174 e. The molecule has 0 bridgehead atoms. The molecule has 1 aliphatic heterocycles. The highest BCUT2D eigenvalue weighted by atomic mass is 16.5. The molecule has 0 amide bonds. The molecule has 2 heterocycles. The minimum atomic E-state index is 0.628. The van der Waals surface area contributed by atoms with E-state index in [9.17, 15) is 0 Å². The standard InChI is InChI=1S/C44H70N4O2/c1-31(2)15-11-17-33(5)19-13-21-35(7)25-27-49-41-29-39-40(48-44-43(47-39)45-37-23-9-10-24-38(37)46-44)30-42(41)50-28-26-36(8)22-14-20-34(6)18-12-16-32(3)4/h9-10,23-24,29-36H,11-22,25-28H2,1-8H3,(H,45,47)(H,46,48). The summed E-state index contributed by atoms with van der Waals surface area (Å²) in [5.41, 5.74) is 3.60. The SMILES string of the molecule is CC(C)CCCC(C)CCCC(C)CCOc1cc2nc3c(nc2cc1OCCC(C)CCCC(C)CCCC(C)C)Nc1ccccc1N3. The first kappa shape index (κ1) is 39.8. The highest BCUT2D eigenvalue weighted by Gasteiger charge is 2.20. The summed E-state index contributed by atoms with van der Waals surface area (Å²) in [5.74, 6) is 7.53. The van der Waals surface area contributed by atoms with Crippen molar-refractivity contribution in [3.05, 3.63) is 36.4 Å². The van der Waals surface area contributed by atoms with Gasteiger partial charge >= 0.3 is 0 Å². The van der Waals surface area contributed by atoms with Crippen molar-refractivity contribution in [3.8, 4) is 11.5 Å². The second-order valence-electron chi connectivity index (χ2n) is 16.7. The van der Waals surface area contributed by atoms with Crippen molar-refractivity contribution in [3.63, 3.8) is 0 Å². The molecule has 2 N–H and O–H groups in total. The topological polar surface area (TPSA) is 68.3 Å². The van der Waals surface area contributed by atoms with E-state index in [1.54, 1.807) is 0 Å². The molecule has 0 spiro atoms. The van der Waals surface area contributed by atoms with E-state index in [0.717, 1.165) is 82.1 Å². The van der Waals surface area contributed by atoms with E-state index < -0.39 is 0 Å². The fraction of sp³-hybridized carbons (Fsp3) is 0.682. The Morgan fingerprint density at radius 3 is 1.18 bits per heavy atom. The Hall–Kier alpha value is -3.02. The fourth-order valence-electron chi connectivity index (χ4n) is 7.12. The van der Waals surface area contributed by atoms with Crippen LogP contribution in [0.3, 0.4) is 0 Å². The molecule has 2 aromatic carbocycles. The molecule has 4 rings (SSSR count). The molecule has 4 atom stereocenters. The molecule has 0 saturated heterocycles. The monoisotopic (exact) mass is 687 g/mol. The van der Waals surface area contributed by atoms with Gasteiger partial charge in [0.25, 0.3) is 0 Å². The maximum absolute atomic E-state index is 6.49. The average Bonchev–Trinajstić information content (AvgIpc) is 3.06. The zero-order chi connectivity index (χ0) is 35.9. The van der Waals surface area contributed by atoms with E-state index in [-0.39, 0.29) is 0 Å². The summed E-state index contributed by atoms with van der Waals surface area (Å²) in [6.45, 7) is 20.2. The second kappa shape index (κ2) is 20.7. The van der Waals surface area contributed by atoms with Crippen molar-refractivity contribution < 1.29 is 9.47 Å². The van der Waals surface area contributed by atoms with Gasteiger partial charge in [-0.25, -0.2) is 9.97 Å². The van der Waals surface area contributed by atoms with Crippen molar-refractivity contribution in [2.45, 2.75) is 145 Å². The first-order valence-corrected chi connectivity index (χ1v) is 20.3. The Kier molecular flexibility index (Phi) is 16.5. The van der Waals surface area contributed by atoms with E-state index >= 15 is 0 Å². The summed E-state index contributed by atoms with van der Waals surface area (Å²) in [6, 6.07) is 12.2. The lowest BCUT2D eigenvalue weighted by Crippen LogP contribution is -2.11. The molecular formula is C44H70N4O2. The third-order valence-corrected chi connectivity index (χ3v) is 10.6. The molecule has 6 heteroatoms. The van der Waals surface area contributed by atoms with Gasteiger partial charge in [0.15, 0.2) is 23.1 Å². The van der Waals surface area contributed by atoms with Gasteiger partial charge in [-0.3, -0.25) is 0 Å². The maximum Gasteiger partial charge on any atom is 0.174 e. The predicted octanol–water partition coefficient (Wildman–Crippen LogP) is 13.5. The number of para-hydroxylation sites is 2. The zero-order valence-electron chi connectivity index (χ0n) is 33.0. The minimum Gasteiger partial charge on any atom is -0.490 e. The van der Waals surface area contributed by atoms with Gasteiger partial charge in [0.1, 0.15) is 0 Å². The van der Waals surface area contributed by atoms with Gasteiger partial charge in [-0.05, 0) is 60.5 Å². The number of hydrogen-bond acceptors (Lipinski definition) is 6. The van der Waals surface area contributed by atoms with E-state index in [1.807, 2.05) is 36.4 Å². The van der Waals surface area contributed by atoms with Gasteiger partial charge in [-0.1, -0.05) is 145 Å². The number of ether oxygens (including phenoxy) is 2. The van der Waals surface area contributed by atoms with Crippen LogP contribution in [0.2, 0.25) is 0 Å². The van der Waals surface area contributed by atoms with Gasteiger partial charge in [-0.15, -0.1) is 0 Å². The number of benzene rings is 2. The van der Waals surface area contributed by atoms with Gasteiger partial charge in [0.05, 0.1) is 35.6 Å². The number of anilines is 4. The van der Waals surface area contributed by atoms with Crippen LogP contribution in [0.4, 0.5) is 23.0 Å². The van der Waals surface area contributed by atoms with Crippen LogP contribution in [0.25, 0.3) is 11.0 Å². The van der Waals surface area contributed by atoms with Crippen LogP contribution in [-0.2, 0) is 0 Å². The van der Waals surface area contributed by atoms with Crippen LogP contribution in [0.5, 0.6) is 11.5 Å². The molecule has 6 nitrogen and oxygen atoms in total. The molecule has 1 aromatic heterocycles. The first-order chi connectivity index (χ1) is 24.1. The van der Waals surface area contributed by atoms with Gasteiger partial charge in [-0.2, -0.15) is 0 Å². The van der Waals surface area contributed by atoms with E-state index in [4.69, 9.17) is 19.4 Å². The maximum atomic E-state index is 6.49. The molecule has 0 aliphatic carbocycles. The molecule has 0 saturated carbocycles. The number of nitrogens with zero attached hydrogens (tertiary/aromatic N) is 2. The van der Waals surface area contributed by atoms with Crippen LogP contribution in [0.1, 0.15) is 145 Å². The fourth-order valence-corrected chi connectivity index (χ4v) is 7.12. The Morgan fingerprint density at radius 1 is 0.480 bits per heavy atom. The third-order valence-electron chi connectivity index (χ3n) is 10.6. The summed E-state index contributed by atoms with van der Waals surface area (Å²) in [5, 5.41) is 6.89. The lowest BCUT2D eigenvalue weighted by molar-refractivity contribution is 0.237. The van der Waals surface area contributed by atoms with Crippen molar-refractivity contribution in [1.29, 1.82) is 0 Å². The Bertz CT molecular complexity index is 1320. The number of hydrogen-bond donors (Lipinski definition) is 2. The molecule has 50 heavy (non-hydrogen) atoms. The summed E-state index contributed by atoms with van der Waals surface area (Å²) >= 11 is 0. The molecule has 4 unspecified atom stereocenters. The second-order valence-corrected chi connectivity index (χ2v) is 16.7. The number of rotatable bonds is 24. The van der Waals surface area contributed by atoms with E-state index in [0.29, 0.717) is 25.0 Å². The third kappa shape index (κ3) is 13.6. The van der Waals surface area contributed by atoms with Crippen molar-refractivity contribution in [1.82, 2.24) is 9.97 Å². The van der Waals surface area contributed by atoms with E-state index in [2.05, 4.69) is 66.0 Å². The van der Waals surface area contributed by atoms with Crippen molar-refractivity contribution in [2.75, 3.05) is 23.8 Å². The van der Waals surface area contributed by atoms with Crippen molar-refractivity contribution >= 4 is 34.0 Å². The van der Waals surface area contributed by atoms with Crippen LogP contribution < -0.4 is 20.1 Å². The quantitative estimate of drug-likeness (QED) is 0.0764. The highest BCUT2D eigenvalue weighted by molar-refractivity contribution is 5.91. The van der Waals surface area contributed by atoms with Gasteiger partial charge in [0.2, 0.25) is 0 Å². The lowest BCUT2D eigenvalue weighted by Gasteiger charge is -2.22. The Balaban J connectivity index is 1.32. The average molecular weight is 687 g/mol.